The molecule has 0 spiro atoms. The van der Waals surface area contributed by atoms with Gasteiger partial charge >= 0.3 is 0 Å². The van der Waals surface area contributed by atoms with Crippen molar-refractivity contribution in [1.82, 2.24) is 9.80 Å². The molecule has 0 aromatic rings. The van der Waals surface area contributed by atoms with Crippen molar-refractivity contribution in [2.24, 2.45) is 0 Å². The average Bonchev–Trinajstić information content (AvgIpc) is 2.68. The van der Waals surface area contributed by atoms with E-state index in [0.717, 1.165) is 10.7 Å². The summed E-state index contributed by atoms with van der Waals surface area (Å²) < 4.78 is 0. The van der Waals surface area contributed by atoms with Crippen LogP contribution in [0.5, 0.6) is 0 Å². The number of hydrogen-bond donors (Lipinski definition) is 0. The first-order valence-electron chi connectivity index (χ1n) is 6.31. The van der Waals surface area contributed by atoms with Gasteiger partial charge in [0.1, 0.15) is 0 Å². The van der Waals surface area contributed by atoms with Crippen molar-refractivity contribution < 1.29 is 14.4 Å². The summed E-state index contributed by atoms with van der Waals surface area (Å²) in [5.41, 5.74) is 0.566. The van der Waals surface area contributed by atoms with Crippen LogP contribution in [0.4, 0.5) is 0 Å². The zero-order valence-corrected chi connectivity index (χ0v) is 11.9. The fourth-order valence-electron chi connectivity index (χ4n) is 2.22. The van der Waals surface area contributed by atoms with Gasteiger partial charge in [0.15, 0.2) is 0 Å². The van der Waals surface area contributed by atoms with Gasteiger partial charge in [0.25, 0.3) is 11.8 Å². The van der Waals surface area contributed by atoms with E-state index in [4.69, 9.17) is 0 Å². The van der Waals surface area contributed by atoms with E-state index in [-0.39, 0.29) is 35.4 Å². The number of nitrogens with zero attached hydrogens (tertiary/aromatic N) is 2. The zero-order valence-electron chi connectivity index (χ0n) is 11.1. The molecule has 0 N–H and O–H groups in total. The monoisotopic (exact) mass is 292 g/mol. The normalized spacial score (nSPS) is 19.9. The van der Waals surface area contributed by atoms with Crippen molar-refractivity contribution in [1.29, 1.82) is 0 Å². The number of rotatable bonds is 5. The highest BCUT2D eigenvalue weighted by Gasteiger charge is 2.35. The van der Waals surface area contributed by atoms with Crippen molar-refractivity contribution in [3.05, 3.63) is 36.5 Å². The Morgan fingerprint density at radius 1 is 1.05 bits per heavy atom. The van der Waals surface area contributed by atoms with Crippen molar-refractivity contribution in [2.45, 2.75) is 0 Å². The van der Waals surface area contributed by atoms with Crippen LogP contribution in [0.2, 0.25) is 0 Å². The zero-order chi connectivity index (χ0) is 14.7. The maximum absolute atomic E-state index is 12.1. The third-order valence-corrected chi connectivity index (χ3v) is 4.25. The van der Waals surface area contributed by atoms with E-state index >= 15 is 0 Å². The fourth-order valence-corrected chi connectivity index (χ4v) is 3.07. The summed E-state index contributed by atoms with van der Waals surface area (Å²) in [6.07, 6.45) is 2.75. The molecule has 0 unspecified atom stereocenters. The average molecular weight is 292 g/mol. The van der Waals surface area contributed by atoms with Crippen molar-refractivity contribution >= 4 is 29.5 Å². The van der Waals surface area contributed by atoms with E-state index in [1.165, 1.54) is 12.2 Å². The van der Waals surface area contributed by atoms with Gasteiger partial charge in [-0.2, -0.15) is 11.8 Å². The van der Waals surface area contributed by atoms with Crippen LogP contribution in [0.15, 0.2) is 36.5 Å². The molecule has 0 aromatic carbocycles. The van der Waals surface area contributed by atoms with E-state index < -0.39 is 0 Å². The number of amides is 3. The molecular formula is C14H16N2O3S. The number of thioether (sulfide) groups is 1. The van der Waals surface area contributed by atoms with Gasteiger partial charge in [-0.1, -0.05) is 25.3 Å². The number of hydrogen-bond acceptors (Lipinski definition) is 4. The molecule has 2 aliphatic heterocycles. The summed E-state index contributed by atoms with van der Waals surface area (Å²) in [6.45, 7) is 8.35. The Morgan fingerprint density at radius 3 is 2.15 bits per heavy atom. The molecule has 1 saturated heterocycles. The Labute approximate surface area is 122 Å². The fraction of sp³-hybridized carbons (Fsp3) is 0.357. The SMILES string of the molecule is C=CC1=C(C=C)C(=O)N(CCN2CCSCC2=O)C1=O. The van der Waals surface area contributed by atoms with E-state index in [1.807, 2.05) is 0 Å². The van der Waals surface area contributed by atoms with Gasteiger partial charge in [0.05, 0.1) is 16.9 Å². The van der Waals surface area contributed by atoms with Crippen LogP contribution in [-0.2, 0) is 14.4 Å². The minimum atomic E-state index is -0.362. The molecule has 0 saturated carbocycles. The van der Waals surface area contributed by atoms with Gasteiger partial charge in [-0.25, -0.2) is 0 Å². The molecule has 2 aliphatic rings. The second-order valence-corrected chi connectivity index (χ2v) is 5.54. The van der Waals surface area contributed by atoms with Crippen molar-refractivity contribution in [3.8, 4) is 0 Å². The lowest BCUT2D eigenvalue weighted by atomic mass is 10.1. The van der Waals surface area contributed by atoms with E-state index in [9.17, 15) is 14.4 Å². The Hall–Kier alpha value is -1.82. The minimum Gasteiger partial charge on any atom is -0.339 e. The Morgan fingerprint density at radius 2 is 1.65 bits per heavy atom. The lowest BCUT2D eigenvalue weighted by Crippen LogP contribution is -2.44. The van der Waals surface area contributed by atoms with Crippen LogP contribution in [-0.4, -0.2) is 58.7 Å². The summed E-state index contributed by atoms with van der Waals surface area (Å²) in [6, 6.07) is 0. The molecule has 0 bridgehead atoms. The Kier molecular flexibility index (Phi) is 4.44. The first-order chi connectivity index (χ1) is 9.60. The summed E-state index contributed by atoms with van der Waals surface area (Å²) in [7, 11) is 0. The number of imide groups is 1. The van der Waals surface area contributed by atoms with Crippen LogP contribution in [0.3, 0.4) is 0 Å². The summed E-state index contributed by atoms with van der Waals surface area (Å²) in [4.78, 5) is 38.7. The van der Waals surface area contributed by atoms with Gasteiger partial charge < -0.3 is 4.90 Å². The first-order valence-corrected chi connectivity index (χ1v) is 7.46. The van der Waals surface area contributed by atoms with Crippen LogP contribution in [0, 0.1) is 0 Å². The number of carbonyl (C=O) groups excluding carboxylic acids is 3. The van der Waals surface area contributed by atoms with Crippen molar-refractivity contribution in [2.75, 3.05) is 31.1 Å². The number of carbonyl (C=O) groups is 3. The third-order valence-electron chi connectivity index (χ3n) is 3.33. The summed E-state index contributed by atoms with van der Waals surface area (Å²) in [5.74, 6) is 0.691. The second-order valence-electron chi connectivity index (χ2n) is 4.43. The molecule has 106 valence electrons. The molecule has 6 heteroatoms. The molecule has 2 rings (SSSR count). The molecule has 0 atom stereocenters. The molecule has 5 nitrogen and oxygen atoms in total. The molecule has 0 aromatic heterocycles. The quantitative estimate of drug-likeness (QED) is 0.696. The van der Waals surface area contributed by atoms with Crippen molar-refractivity contribution in [3.63, 3.8) is 0 Å². The molecule has 20 heavy (non-hydrogen) atoms. The van der Waals surface area contributed by atoms with E-state index in [0.29, 0.717) is 18.8 Å². The largest absolute Gasteiger partial charge is 0.339 e. The lowest BCUT2D eigenvalue weighted by Gasteiger charge is -2.28. The first kappa shape index (κ1) is 14.6. The maximum Gasteiger partial charge on any atom is 0.261 e. The van der Waals surface area contributed by atoms with Crippen LogP contribution in [0.25, 0.3) is 0 Å². The molecule has 0 radical (unpaired) electrons. The van der Waals surface area contributed by atoms with Gasteiger partial charge in [-0.3, -0.25) is 19.3 Å². The van der Waals surface area contributed by atoms with E-state index in [1.54, 1.807) is 16.7 Å². The van der Waals surface area contributed by atoms with Crippen LogP contribution >= 0.6 is 11.8 Å². The van der Waals surface area contributed by atoms with Gasteiger partial charge in [-0.15, -0.1) is 0 Å². The van der Waals surface area contributed by atoms with Crippen LogP contribution < -0.4 is 0 Å². The highest BCUT2D eigenvalue weighted by Crippen LogP contribution is 2.22. The summed E-state index contributed by atoms with van der Waals surface area (Å²) in [5, 5.41) is 0. The predicted octanol–water partition coefficient (Wildman–Crippen LogP) is 0.599. The maximum atomic E-state index is 12.1. The standard InChI is InChI=1S/C14H16N2O3S/c1-3-10-11(4-2)14(19)16(13(10)18)6-5-15-7-8-20-9-12(15)17/h3-4H,1-2,5-9H2. The van der Waals surface area contributed by atoms with Crippen LogP contribution in [0.1, 0.15) is 0 Å². The van der Waals surface area contributed by atoms with Gasteiger partial charge in [0, 0.05) is 25.4 Å². The minimum absolute atomic E-state index is 0.0567. The third kappa shape index (κ3) is 2.56. The highest BCUT2D eigenvalue weighted by atomic mass is 32.2. The predicted molar refractivity (Wildman–Crippen MR) is 78.0 cm³/mol. The van der Waals surface area contributed by atoms with Gasteiger partial charge in [-0.05, 0) is 0 Å². The molecule has 1 fully saturated rings. The topological polar surface area (TPSA) is 57.7 Å². The molecule has 3 amide bonds. The van der Waals surface area contributed by atoms with Gasteiger partial charge in [0.2, 0.25) is 5.91 Å². The second kappa shape index (κ2) is 6.09. The molecular weight excluding hydrogens is 276 g/mol. The smallest absolute Gasteiger partial charge is 0.261 e. The molecule has 0 aliphatic carbocycles. The lowest BCUT2D eigenvalue weighted by molar-refractivity contribution is -0.139. The molecule has 2 heterocycles. The Balaban J connectivity index is 2.03. The Bertz CT molecular complexity index is 495. The summed E-state index contributed by atoms with van der Waals surface area (Å²) >= 11 is 1.60. The van der Waals surface area contributed by atoms with E-state index in [2.05, 4.69) is 13.2 Å². The highest BCUT2D eigenvalue weighted by molar-refractivity contribution is 8.00.